The minimum Gasteiger partial charge on any atom is -0.347 e. The summed E-state index contributed by atoms with van der Waals surface area (Å²) in [6.07, 6.45) is 5.16. The van der Waals surface area contributed by atoms with Crippen LogP contribution < -0.4 is 0 Å². The van der Waals surface area contributed by atoms with Crippen molar-refractivity contribution in [2.75, 3.05) is 7.05 Å². The second-order valence-corrected chi connectivity index (χ2v) is 5.92. The summed E-state index contributed by atoms with van der Waals surface area (Å²) in [5, 5.41) is 0. The maximum atomic E-state index is 5.21. The molecule has 2 aliphatic rings. The third-order valence-corrected chi connectivity index (χ3v) is 4.59. The van der Waals surface area contributed by atoms with Crippen molar-refractivity contribution in [2.24, 2.45) is 0 Å². The SMILES string of the molecule is Cc1cc(=S)nc(C2CC3CCC(C2)N3C)[nH]1. The number of nitrogens with zero attached hydrogens (tertiary/aromatic N) is 2. The average Bonchev–Trinajstić information content (AvgIpc) is 2.51. The van der Waals surface area contributed by atoms with E-state index in [0.717, 1.165) is 28.2 Å². The van der Waals surface area contributed by atoms with Gasteiger partial charge >= 0.3 is 0 Å². The Labute approximate surface area is 107 Å². The molecule has 2 bridgehead atoms. The van der Waals surface area contributed by atoms with Gasteiger partial charge in [-0.3, -0.25) is 0 Å². The van der Waals surface area contributed by atoms with Crippen LogP contribution >= 0.6 is 12.2 Å². The van der Waals surface area contributed by atoms with Gasteiger partial charge in [-0.25, -0.2) is 4.98 Å². The van der Waals surface area contributed by atoms with Gasteiger partial charge in [0.2, 0.25) is 0 Å². The number of aromatic amines is 1. The Morgan fingerprint density at radius 2 is 2.00 bits per heavy atom. The molecule has 4 heteroatoms. The quantitative estimate of drug-likeness (QED) is 0.777. The number of H-pyrrole nitrogens is 1. The monoisotopic (exact) mass is 249 g/mol. The zero-order valence-corrected chi connectivity index (χ0v) is 11.3. The van der Waals surface area contributed by atoms with Crippen LogP contribution in [0, 0.1) is 11.6 Å². The van der Waals surface area contributed by atoms with Crippen molar-refractivity contribution in [1.82, 2.24) is 14.9 Å². The van der Waals surface area contributed by atoms with Gasteiger partial charge in [-0.05, 0) is 45.7 Å². The van der Waals surface area contributed by atoms with E-state index in [9.17, 15) is 0 Å². The molecule has 0 aromatic carbocycles. The Morgan fingerprint density at radius 3 is 2.59 bits per heavy atom. The molecule has 0 radical (unpaired) electrons. The standard InChI is InChI=1S/C13H19N3S/c1-8-5-12(17)15-13(14-8)9-6-10-3-4-11(7-9)16(10)2/h5,9-11H,3-4,6-7H2,1-2H3,(H,14,15,17). The highest BCUT2D eigenvalue weighted by Crippen LogP contribution is 2.40. The lowest BCUT2D eigenvalue weighted by molar-refractivity contribution is 0.158. The van der Waals surface area contributed by atoms with Crippen LogP contribution in [0.4, 0.5) is 0 Å². The average molecular weight is 249 g/mol. The number of nitrogens with one attached hydrogen (secondary N) is 1. The fourth-order valence-corrected chi connectivity index (χ4v) is 3.71. The number of piperidine rings is 1. The summed E-state index contributed by atoms with van der Waals surface area (Å²) in [4.78, 5) is 10.5. The van der Waals surface area contributed by atoms with Crippen LogP contribution in [0.15, 0.2) is 6.07 Å². The smallest absolute Gasteiger partial charge is 0.129 e. The first-order chi connectivity index (χ1) is 8.13. The molecular formula is C13H19N3S. The summed E-state index contributed by atoms with van der Waals surface area (Å²) in [5.41, 5.74) is 1.13. The molecule has 0 saturated carbocycles. The lowest BCUT2D eigenvalue weighted by Crippen LogP contribution is -2.39. The highest BCUT2D eigenvalue weighted by Gasteiger charge is 2.39. The summed E-state index contributed by atoms with van der Waals surface area (Å²) in [6.45, 7) is 2.06. The molecular weight excluding hydrogens is 230 g/mol. The van der Waals surface area contributed by atoms with Crippen LogP contribution in [0.3, 0.4) is 0 Å². The Bertz CT molecular complexity index is 468. The summed E-state index contributed by atoms with van der Waals surface area (Å²) in [7, 11) is 2.27. The summed E-state index contributed by atoms with van der Waals surface area (Å²) in [5.74, 6) is 1.69. The molecule has 3 heterocycles. The fourth-order valence-electron chi connectivity index (χ4n) is 3.43. The first-order valence-electron chi connectivity index (χ1n) is 6.43. The van der Waals surface area contributed by atoms with E-state index in [1.807, 2.05) is 6.07 Å². The lowest BCUT2D eigenvalue weighted by atomic mass is 9.90. The van der Waals surface area contributed by atoms with E-state index in [2.05, 4.69) is 28.8 Å². The van der Waals surface area contributed by atoms with Gasteiger partial charge in [-0.2, -0.15) is 0 Å². The fraction of sp³-hybridized carbons (Fsp3) is 0.692. The normalized spacial score (nSPS) is 32.9. The number of aromatic nitrogens is 2. The Hall–Kier alpha value is -0.740. The van der Waals surface area contributed by atoms with Crippen molar-refractivity contribution in [2.45, 2.75) is 50.6 Å². The maximum absolute atomic E-state index is 5.21. The number of aryl methyl sites for hydroxylation is 1. The van der Waals surface area contributed by atoms with Crippen molar-refractivity contribution in [3.8, 4) is 0 Å². The molecule has 2 saturated heterocycles. The molecule has 1 aromatic rings. The van der Waals surface area contributed by atoms with E-state index < -0.39 is 0 Å². The molecule has 3 nitrogen and oxygen atoms in total. The zero-order chi connectivity index (χ0) is 12.0. The number of rotatable bonds is 1. The van der Waals surface area contributed by atoms with Crippen molar-refractivity contribution in [1.29, 1.82) is 0 Å². The van der Waals surface area contributed by atoms with Gasteiger partial charge in [0.25, 0.3) is 0 Å². The van der Waals surface area contributed by atoms with Gasteiger partial charge < -0.3 is 9.88 Å². The minimum absolute atomic E-state index is 0.574. The topological polar surface area (TPSA) is 31.9 Å². The van der Waals surface area contributed by atoms with Gasteiger partial charge in [0.15, 0.2) is 0 Å². The largest absolute Gasteiger partial charge is 0.347 e. The zero-order valence-electron chi connectivity index (χ0n) is 10.4. The molecule has 17 heavy (non-hydrogen) atoms. The van der Waals surface area contributed by atoms with Crippen LogP contribution in [0.25, 0.3) is 0 Å². The first kappa shape index (κ1) is 11.4. The van der Waals surface area contributed by atoms with E-state index in [-0.39, 0.29) is 0 Å². The molecule has 2 atom stereocenters. The second-order valence-electron chi connectivity index (χ2n) is 5.51. The molecule has 0 aliphatic carbocycles. The molecule has 2 aliphatic heterocycles. The maximum Gasteiger partial charge on any atom is 0.129 e. The highest BCUT2D eigenvalue weighted by molar-refractivity contribution is 7.71. The Kier molecular flexibility index (Phi) is 2.79. The van der Waals surface area contributed by atoms with E-state index in [1.54, 1.807) is 0 Å². The van der Waals surface area contributed by atoms with E-state index in [1.165, 1.54) is 25.7 Å². The van der Waals surface area contributed by atoms with Crippen molar-refractivity contribution in [3.05, 3.63) is 22.2 Å². The van der Waals surface area contributed by atoms with Gasteiger partial charge in [-0.1, -0.05) is 12.2 Å². The van der Waals surface area contributed by atoms with Crippen molar-refractivity contribution >= 4 is 12.2 Å². The summed E-state index contributed by atoms with van der Waals surface area (Å²) >= 11 is 5.21. The van der Waals surface area contributed by atoms with Gasteiger partial charge in [0.1, 0.15) is 10.5 Å². The van der Waals surface area contributed by atoms with Crippen molar-refractivity contribution in [3.63, 3.8) is 0 Å². The van der Waals surface area contributed by atoms with Gasteiger partial charge in [0, 0.05) is 23.7 Å². The van der Waals surface area contributed by atoms with Crippen LogP contribution in [-0.4, -0.2) is 34.0 Å². The minimum atomic E-state index is 0.574. The Balaban J connectivity index is 1.88. The molecule has 92 valence electrons. The number of hydrogen-bond acceptors (Lipinski definition) is 3. The predicted molar refractivity (Wildman–Crippen MR) is 70.7 cm³/mol. The second kappa shape index (κ2) is 4.18. The van der Waals surface area contributed by atoms with E-state index >= 15 is 0 Å². The predicted octanol–water partition coefficient (Wildman–Crippen LogP) is 2.79. The van der Waals surface area contributed by atoms with Crippen LogP contribution in [0.5, 0.6) is 0 Å². The molecule has 0 spiro atoms. The van der Waals surface area contributed by atoms with E-state index in [0.29, 0.717) is 5.92 Å². The van der Waals surface area contributed by atoms with Crippen LogP contribution in [-0.2, 0) is 0 Å². The van der Waals surface area contributed by atoms with Crippen molar-refractivity contribution < 1.29 is 0 Å². The van der Waals surface area contributed by atoms with Gasteiger partial charge in [0.05, 0.1) is 0 Å². The molecule has 1 aromatic heterocycles. The van der Waals surface area contributed by atoms with E-state index in [4.69, 9.17) is 12.2 Å². The molecule has 2 unspecified atom stereocenters. The molecule has 2 fully saturated rings. The van der Waals surface area contributed by atoms with Crippen LogP contribution in [0.1, 0.15) is 43.1 Å². The molecule has 1 N–H and O–H groups in total. The summed E-state index contributed by atoms with van der Waals surface area (Å²) in [6, 6.07) is 3.44. The summed E-state index contributed by atoms with van der Waals surface area (Å²) < 4.78 is 0.725. The Morgan fingerprint density at radius 1 is 1.35 bits per heavy atom. The third-order valence-electron chi connectivity index (χ3n) is 4.38. The number of fused-ring (bicyclic) bond motifs is 2. The van der Waals surface area contributed by atoms with Crippen LogP contribution in [0.2, 0.25) is 0 Å². The molecule has 3 rings (SSSR count). The lowest BCUT2D eigenvalue weighted by Gasteiger charge is -2.35. The molecule has 0 amide bonds. The van der Waals surface area contributed by atoms with Gasteiger partial charge in [-0.15, -0.1) is 0 Å². The first-order valence-corrected chi connectivity index (χ1v) is 6.84. The highest BCUT2D eigenvalue weighted by atomic mass is 32.1. The number of hydrogen-bond donors (Lipinski definition) is 1. The third kappa shape index (κ3) is 2.04.